The molecule has 32 heavy (non-hydrogen) atoms. The molecule has 0 aromatic carbocycles. The fourth-order valence-corrected chi connectivity index (χ4v) is 4.32. The monoisotopic (exact) mass is 456 g/mol. The first kappa shape index (κ1) is 24.7. The highest BCUT2D eigenvalue weighted by atomic mass is 32.1. The highest BCUT2D eigenvalue weighted by Crippen LogP contribution is 2.36. The third-order valence-electron chi connectivity index (χ3n) is 3.86. The van der Waals surface area contributed by atoms with E-state index in [4.69, 9.17) is 0 Å². The molecule has 0 bridgehead atoms. The van der Waals surface area contributed by atoms with Gasteiger partial charge in [0.2, 0.25) is 5.78 Å². The standard InChI is InChI=1S/C27H20O3S2/c1-4-6-8-10-12-14-22-16-18-24(31-22)26(29)27(30,20-21(3)28)25-19-17-23(32-25)15-13-11-9-7-5-2/h4-7,16-19,30H,20H2,1-3H3/t27-/m1/s1. The summed E-state index contributed by atoms with van der Waals surface area (Å²) >= 11 is 2.32. The molecule has 0 radical (unpaired) electrons. The van der Waals surface area contributed by atoms with Crippen molar-refractivity contribution in [3.63, 3.8) is 0 Å². The van der Waals surface area contributed by atoms with E-state index in [0.29, 0.717) is 19.5 Å². The summed E-state index contributed by atoms with van der Waals surface area (Å²) in [6, 6.07) is 6.63. The van der Waals surface area contributed by atoms with Gasteiger partial charge in [0, 0.05) is 11.3 Å². The lowest BCUT2D eigenvalue weighted by atomic mass is 9.90. The van der Waals surface area contributed by atoms with E-state index in [-0.39, 0.29) is 12.2 Å². The predicted molar refractivity (Wildman–Crippen MR) is 131 cm³/mol. The Balaban J connectivity index is 2.34. The maximum atomic E-state index is 13.2. The molecule has 1 atom stereocenters. The maximum Gasteiger partial charge on any atom is 0.210 e. The Labute approximate surface area is 196 Å². The van der Waals surface area contributed by atoms with Gasteiger partial charge in [-0.05, 0) is 92.7 Å². The number of Topliss-reactive ketones (excluding diaryl/α,β-unsaturated/α-hetero) is 2. The first-order valence-corrected chi connectivity index (χ1v) is 11.3. The molecule has 0 spiro atoms. The van der Waals surface area contributed by atoms with Gasteiger partial charge in [-0.1, -0.05) is 24.0 Å². The van der Waals surface area contributed by atoms with Crippen molar-refractivity contribution in [3.05, 3.63) is 68.1 Å². The quantitative estimate of drug-likeness (QED) is 0.523. The lowest BCUT2D eigenvalue weighted by molar-refractivity contribution is -0.120. The van der Waals surface area contributed by atoms with E-state index in [0.717, 1.165) is 11.3 Å². The zero-order chi connectivity index (χ0) is 23.4. The minimum atomic E-state index is -1.96. The van der Waals surface area contributed by atoms with Crippen LogP contribution in [0.2, 0.25) is 0 Å². The summed E-state index contributed by atoms with van der Waals surface area (Å²) in [6.07, 6.45) is 6.67. The Hall–Kier alpha value is -3.58. The number of thiophene rings is 2. The molecule has 2 heterocycles. The van der Waals surface area contributed by atoms with Gasteiger partial charge in [0.15, 0.2) is 5.60 Å². The molecule has 2 aromatic heterocycles. The normalized spacial score (nSPS) is 11.8. The largest absolute Gasteiger partial charge is 0.376 e. The fourth-order valence-electron chi connectivity index (χ4n) is 2.51. The maximum absolute atomic E-state index is 13.2. The van der Waals surface area contributed by atoms with Crippen molar-refractivity contribution >= 4 is 34.2 Å². The molecular formula is C27H20O3S2. The summed E-state index contributed by atoms with van der Waals surface area (Å²) in [7, 11) is 0. The van der Waals surface area contributed by atoms with Crippen molar-refractivity contribution in [2.45, 2.75) is 32.8 Å². The average molecular weight is 457 g/mol. The molecule has 5 heteroatoms. The first-order valence-electron chi connectivity index (χ1n) is 9.63. The topological polar surface area (TPSA) is 54.4 Å². The highest BCUT2D eigenvalue weighted by Gasteiger charge is 2.41. The molecule has 2 aromatic rings. The van der Waals surface area contributed by atoms with Gasteiger partial charge < -0.3 is 5.11 Å². The summed E-state index contributed by atoms with van der Waals surface area (Å²) in [5.41, 5.74) is -1.96. The Kier molecular flexibility index (Phi) is 9.50. The van der Waals surface area contributed by atoms with Gasteiger partial charge in [-0.3, -0.25) is 9.59 Å². The number of rotatable bonds is 5. The molecule has 0 amide bonds. The lowest BCUT2D eigenvalue weighted by Crippen LogP contribution is -2.36. The number of hydrogen-bond acceptors (Lipinski definition) is 5. The van der Waals surface area contributed by atoms with Crippen LogP contribution in [0.4, 0.5) is 0 Å². The predicted octanol–water partition coefficient (Wildman–Crippen LogP) is 4.72. The van der Waals surface area contributed by atoms with Crippen LogP contribution in [-0.2, 0) is 10.4 Å². The van der Waals surface area contributed by atoms with Crippen LogP contribution in [0.3, 0.4) is 0 Å². The summed E-state index contributed by atoms with van der Waals surface area (Å²) in [6.45, 7) is 5.07. The first-order chi connectivity index (χ1) is 15.4. The van der Waals surface area contributed by atoms with E-state index in [9.17, 15) is 14.7 Å². The second-order valence-corrected chi connectivity index (χ2v) is 8.60. The third kappa shape index (κ3) is 6.99. The minimum absolute atomic E-state index is 0.296. The zero-order valence-electron chi connectivity index (χ0n) is 17.9. The van der Waals surface area contributed by atoms with Crippen molar-refractivity contribution in [1.82, 2.24) is 0 Å². The lowest BCUT2D eigenvalue weighted by Gasteiger charge is -2.23. The molecule has 0 saturated heterocycles. The van der Waals surface area contributed by atoms with Gasteiger partial charge in [-0.2, -0.15) is 0 Å². The van der Waals surface area contributed by atoms with Crippen molar-refractivity contribution < 1.29 is 14.7 Å². The van der Waals surface area contributed by atoms with E-state index in [2.05, 4.69) is 47.4 Å². The molecule has 3 nitrogen and oxygen atoms in total. The molecule has 0 aliphatic carbocycles. The van der Waals surface area contributed by atoms with E-state index < -0.39 is 11.4 Å². The second kappa shape index (κ2) is 12.3. The summed E-state index contributed by atoms with van der Waals surface area (Å²) in [4.78, 5) is 27.1. The summed E-state index contributed by atoms with van der Waals surface area (Å²) in [5, 5.41) is 11.3. The minimum Gasteiger partial charge on any atom is -0.376 e. The summed E-state index contributed by atoms with van der Waals surface area (Å²) < 4.78 is 0. The van der Waals surface area contributed by atoms with E-state index in [1.807, 2.05) is 26.0 Å². The molecule has 1 N–H and O–H groups in total. The smallest absolute Gasteiger partial charge is 0.210 e. The van der Waals surface area contributed by atoms with Crippen LogP contribution in [-0.4, -0.2) is 16.7 Å². The molecule has 0 aliphatic heterocycles. The number of carbonyl (C=O) groups excluding carboxylic acids is 2. The Morgan fingerprint density at radius 2 is 1.47 bits per heavy atom. The molecule has 0 unspecified atom stereocenters. The number of hydrogen-bond donors (Lipinski definition) is 1. The van der Waals surface area contributed by atoms with Crippen LogP contribution in [0.25, 0.3) is 0 Å². The molecule has 158 valence electrons. The summed E-state index contributed by atoms with van der Waals surface area (Å²) in [5.74, 6) is 21.3. The SMILES string of the molecule is CC=CC#CC#Cc1ccc(C(=O)[C@@](O)(CC(C)=O)c2ccc(C#CC#CC=CC)s2)s1. The van der Waals surface area contributed by atoms with Crippen LogP contribution < -0.4 is 0 Å². The highest BCUT2D eigenvalue weighted by molar-refractivity contribution is 7.15. The number of aliphatic hydroxyl groups is 1. The van der Waals surface area contributed by atoms with Gasteiger partial charge in [-0.15, -0.1) is 22.7 Å². The van der Waals surface area contributed by atoms with E-state index in [1.165, 1.54) is 18.3 Å². The van der Waals surface area contributed by atoms with Crippen molar-refractivity contribution in [2.75, 3.05) is 0 Å². The molecule has 0 saturated carbocycles. The van der Waals surface area contributed by atoms with Crippen molar-refractivity contribution in [2.24, 2.45) is 0 Å². The zero-order valence-corrected chi connectivity index (χ0v) is 19.5. The van der Waals surface area contributed by atoms with Gasteiger partial charge in [0.05, 0.1) is 14.6 Å². The van der Waals surface area contributed by atoms with Crippen molar-refractivity contribution in [1.29, 1.82) is 0 Å². The van der Waals surface area contributed by atoms with Crippen LogP contribution in [0.15, 0.2) is 48.6 Å². The second-order valence-electron chi connectivity index (χ2n) is 6.43. The van der Waals surface area contributed by atoms with E-state index in [1.54, 1.807) is 36.4 Å². The fraction of sp³-hybridized carbons (Fsp3) is 0.185. The van der Waals surface area contributed by atoms with E-state index >= 15 is 0 Å². The van der Waals surface area contributed by atoms with Crippen LogP contribution in [0, 0.1) is 47.4 Å². The third-order valence-corrected chi connectivity index (χ3v) is 6.02. The Bertz CT molecular complexity index is 1310. The van der Waals surface area contributed by atoms with Crippen LogP contribution >= 0.6 is 22.7 Å². The van der Waals surface area contributed by atoms with Crippen molar-refractivity contribution in [3.8, 4) is 47.4 Å². The number of allylic oxidation sites excluding steroid dienone is 4. The molecule has 2 rings (SSSR count). The average Bonchev–Trinajstić information content (AvgIpc) is 3.42. The molecular weight excluding hydrogens is 436 g/mol. The number of carbonyl (C=O) groups is 2. The molecule has 0 fully saturated rings. The van der Waals surface area contributed by atoms with Gasteiger partial charge in [0.25, 0.3) is 0 Å². The molecule has 0 aliphatic rings. The number of ketones is 2. The van der Waals surface area contributed by atoms with Crippen LogP contribution in [0.5, 0.6) is 0 Å². The van der Waals surface area contributed by atoms with Gasteiger partial charge in [-0.25, -0.2) is 0 Å². The van der Waals surface area contributed by atoms with Gasteiger partial charge in [0.1, 0.15) is 5.78 Å². The van der Waals surface area contributed by atoms with Crippen LogP contribution in [0.1, 0.15) is 51.5 Å². The Morgan fingerprint density at radius 1 is 0.906 bits per heavy atom. The Morgan fingerprint density at radius 3 is 2.03 bits per heavy atom. The van der Waals surface area contributed by atoms with Gasteiger partial charge >= 0.3 is 0 Å².